The zero-order valence-corrected chi connectivity index (χ0v) is 17.9. The molecule has 5 nitrogen and oxygen atoms in total. The summed E-state index contributed by atoms with van der Waals surface area (Å²) >= 11 is 0. The molecule has 0 radical (unpaired) electrons. The van der Waals surface area contributed by atoms with Crippen molar-refractivity contribution in [2.24, 2.45) is 22.7 Å². The van der Waals surface area contributed by atoms with Crippen molar-refractivity contribution in [2.75, 3.05) is 41.0 Å². The van der Waals surface area contributed by atoms with Gasteiger partial charge >= 0.3 is 0 Å². The average Bonchev–Trinajstić information content (AvgIpc) is 3.15. The quantitative estimate of drug-likeness (QED) is 0.807. The van der Waals surface area contributed by atoms with E-state index < -0.39 is 0 Å². The van der Waals surface area contributed by atoms with E-state index in [-0.39, 0.29) is 23.0 Å². The first-order valence-electron chi connectivity index (χ1n) is 10.6. The molecule has 2 saturated carbocycles. The molecule has 5 atom stereocenters. The lowest BCUT2D eigenvalue weighted by molar-refractivity contribution is -0.164. The number of fused-ring (bicyclic) bond motifs is 1. The van der Waals surface area contributed by atoms with Crippen molar-refractivity contribution >= 4 is 0 Å². The van der Waals surface area contributed by atoms with Gasteiger partial charge in [-0.15, -0.1) is 0 Å². The van der Waals surface area contributed by atoms with E-state index in [0.29, 0.717) is 25.0 Å². The van der Waals surface area contributed by atoms with E-state index in [2.05, 4.69) is 24.8 Å². The van der Waals surface area contributed by atoms with E-state index in [9.17, 15) is 5.11 Å². The van der Waals surface area contributed by atoms with E-state index in [1.54, 1.807) is 7.11 Å². The molecule has 156 valence electrons. The lowest BCUT2D eigenvalue weighted by atomic mass is 9.60. The van der Waals surface area contributed by atoms with Crippen LogP contribution < -0.4 is 9.47 Å². The number of nitrogens with zero attached hydrogens (tertiary/aromatic N) is 1. The number of para-hydroxylation sites is 1. The normalized spacial score (nSPS) is 35.8. The van der Waals surface area contributed by atoms with Gasteiger partial charge in [0, 0.05) is 24.1 Å². The third-order valence-corrected chi connectivity index (χ3v) is 7.76. The third kappa shape index (κ3) is 2.94. The number of ether oxygens (including phenoxy) is 3. The molecule has 0 amide bonds. The van der Waals surface area contributed by atoms with Gasteiger partial charge < -0.3 is 24.2 Å². The Labute approximate surface area is 169 Å². The summed E-state index contributed by atoms with van der Waals surface area (Å²) in [5, 5.41) is 11.3. The van der Waals surface area contributed by atoms with Crippen LogP contribution >= 0.6 is 0 Å². The zero-order chi connectivity index (χ0) is 20.1. The first kappa shape index (κ1) is 20.0. The number of hydrogen-bond donors (Lipinski definition) is 1. The molecular formula is C23H35NO4. The van der Waals surface area contributed by atoms with E-state index in [4.69, 9.17) is 14.2 Å². The lowest BCUT2D eigenvalue weighted by Crippen LogP contribution is -2.51. The molecule has 1 N–H and O–H groups in total. The zero-order valence-electron chi connectivity index (χ0n) is 17.9. The first-order valence-corrected chi connectivity index (χ1v) is 10.6. The fourth-order valence-corrected chi connectivity index (χ4v) is 6.13. The van der Waals surface area contributed by atoms with Gasteiger partial charge in [0.05, 0.1) is 19.3 Å². The predicted molar refractivity (Wildman–Crippen MR) is 109 cm³/mol. The molecular weight excluding hydrogens is 354 g/mol. The fourth-order valence-electron chi connectivity index (χ4n) is 6.13. The third-order valence-electron chi connectivity index (χ3n) is 7.76. The lowest BCUT2D eigenvalue weighted by Gasteiger charge is -2.51. The summed E-state index contributed by atoms with van der Waals surface area (Å²) in [6.45, 7) is 6.60. The second-order valence-electron chi connectivity index (χ2n) is 9.77. The summed E-state index contributed by atoms with van der Waals surface area (Å²) in [5.41, 5.74) is 1.04. The Morgan fingerprint density at radius 2 is 2.07 bits per heavy atom. The van der Waals surface area contributed by atoms with Crippen molar-refractivity contribution in [1.82, 2.24) is 4.90 Å². The standard InChI is InChI=1S/C23H35NO4/c1-22(2)15-13-17-19(27-11-9-23(17,14-15)21(22)25)16-7-6-8-18(26-5)20(16)28-12-10-24(3)4/h6-8,15,17,19,21,25H,9-14H2,1-5H3/t15-,17-,19-,21-,23?/m1/s1. The van der Waals surface area contributed by atoms with E-state index in [1.165, 1.54) is 0 Å². The Balaban J connectivity index is 1.66. The van der Waals surface area contributed by atoms with Crippen molar-refractivity contribution in [3.05, 3.63) is 23.8 Å². The van der Waals surface area contributed by atoms with Crippen LogP contribution in [0, 0.1) is 22.7 Å². The van der Waals surface area contributed by atoms with Gasteiger partial charge in [-0.1, -0.05) is 26.0 Å². The van der Waals surface area contributed by atoms with Crippen LogP contribution in [-0.2, 0) is 4.74 Å². The molecule has 2 bridgehead atoms. The number of hydrogen-bond acceptors (Lipinski definition) is 5. The number of benzene rings is 1. The highest BCUT2D eigenvalue weighted by Gasteiger charge is 2.68. The molecule has 0 aromatic heterocycles. The Kier molecular flexibility index (Phi) is 5.13. The van der Waals surface area contributed by atoms with Crippen LogP contribution in [0.15, 0.2) is 18.2 Å². The number of likely N-dealkylation sites (N-methyl/N-ethyl adjacent to an activating group) is 1. The van der Waals surface area contributed by atoms with Gasteiger partial charge in [-0.2, -0.15) is 0 Å². The Morgan fingerprint density at radius 3 is 2.75 bits per heavy atom. The smallest absolute Gasteiger partial charge is 0.167 e. The molecule has 3 aliphatic rings. The van der Waals surface area contributed by atoms with Crippen LogP contribution in [0.3, 0.4) is 0 Å². The molecule has 1 spiro atoms. The summed E-state index contributed by atoms with van der Waals surface area (Å²) in [4.78, 5) is 2.11. The van der Waals surface area contributed by atoms with E-state index >= 15 is 0 Å². The van der Waals surface area contributed by atoms with Gasteiger partial charge in [-0.05, 0) is 56.7 Å². The van der Waals surface area contributed by atoms with Crippen LogP contribution in [0.4, 0.5) is 0 Å². The van der Waals surface area contributed by atoms with E-state index in [1.807, 2.05) is 26.2 Å². The minimum absolute atomic E-state index is 0.00217. The second kappa shape index (κ2) is 7.19. The van der Waals surface area contributed by atoms with Crippen molar-refractivity contribution in [3.63, 3.8) is 0 Å². The largest absolute Gasteiger partial charge is 0.493 e. The summed E-state index contributed by atoms with van der Waals surface area (Å²) in [6, 6.07) is 6.08. The van der Waals surface area contributed by atoms with Crippen molar-refractivity contribution < 1.29 is 19.3 Å². The van der Waals surface area contributed by atoms with Crippen molar-refractivity contribution in [3.8, 4) is 11.5 Å². The average molecular weight is 390 g/mol. The molecule has 3 fully saturated rings. The number of aliphatic hydroxyl groups excluding tert-OH is 1. The summed E-state index contributed by atoms with van der Waals surface area (Å²) in [5.74, 6) is 2.44. The van der Waals surface area contributed by atoms with Gasteiger partial charge in [0.1, 0.15) is 6.61 Å². The van der Waals surface area contributed by atoms with Gasteiger partial charge in [-0.25, -0.2) is 0 Å². The monoisotopic (exact) mass is 389 g/mol. The number of aliphatic hydroxyl groups is 1. The fraction of sp³-hybridized carbons (Fsp3) is 0.739. The highest BCUT2D eigenvalue weighted by Crippen LogP contribution is 2.70. The summed E-state index contributed by atoms with van der Waals surface area (Å²) in [7, 11) is 5.77. The Hall–Kier alpha value is -1.30. The first-order chi connectivity index (χ1) is 13.3. The SMILES string of the molecule is COc1cccc([C@H]2OCCC34C[C@@H](C[C@H]23)C(C)(C)[C@H]4O)c1OCCN(C)C. The molecule has 1 heterocycles. The second-order valence-corrected chi connectivity index (χ2v) is 9.77. The molecule has 5 heteroatoms. The summed E-state index contributed by atoms with van der Waals surface area (Å²) in [6.07, 6.45) is 2.87. The Morgan fingerprint density at radius 1 is 1.29 bits per heavy atom. The maximum atomic E-state index is 11.3. The molecule has 1 unspecified atom stereocenters. The molecule has 4 rings (SSSR count). The number of rotatable bonds is 6. The maximum Gasteiger partial charge on any atom is 0.167 e. The predicted octanol–water partition coefficient (Wildman–Crippen LogP) is 3.51. The Bertz CT molecular complexity index is 719. The highest BCUT2D eigenvalue weighted by molar-refractivity contribution is 5.48. The molecule has 2 aliphatic carbocycles. The van der Waals surface area contributed by atoms with Gasteiger partial charge in [0.15, 0.2) is 11.5 Å². The molecule has 1 aliphatic heterocycles. The molecule has 1 aromatic carbocycles. The van der Waals surface area contributed by atoms with Gasteiger partial charge in [0.2, 0.25) is 0 Å². The maximum absolute atomic E-state index is 11.3. The van der Waals surface area contributed by atoms with Crippen molar-refractivity contribution in [2.45, 2.75) is 45.3 Å². The minimum Gasteiger partial charge on any atom is -0.493 e. The summed E-state index contributed by atoms with van der Waals surface area (Å²) < 4.78 is 18.2. The van der Waals surface area contributed by atoms with Crippen LogP contribution in [0.1, 0.15) is 44.8 Å². The van der Waals surface area contributed by atoms with Crippen molar-refractivity contribution in [1.29, 1.82) is 0 Å². The van der Waals surface area contributed by atoms with Crippen LogP contribution in [0.2, 0.25) is 0 Å². The highest BCUT2D eigenvalue weighted by atomic mass is 16.5. The van der Waals surface area contributed by atoms with E-state index in [0.717, 1.165) is 42.9 Å². The van der Waals surface area contributed by atoms with Crippen LogP contribution in [-0.4, -0.2) is 57.1 Å². The van der Waals surface area contributed by atoms with Crippen LogP contribution in [0.5, 0.6) is 11.5 Å². The molecule has 1 saturated heterocycles. The van der Waals surface area contributed by atoms with Gasteiger partial charge in [-0.3, -0.25) is 0 Å². The molecule has 28 heavy (non-hydrogen) atoms. The van der Waals surface area contributed by atoms with Gasteiger partial charge in [0.25, 0.3) is 0 Å². The molecule has 1 aromatic rings. The topological polar surface area (TPSA) is 51.2 Å². The number of methoxy groups -OCH3 is 1. The minimum atomic E-state index is -0.265. The van der Waals surface area contributed by atoms with Crippen LogP contribution in [0.25, 0.3) is 0 Å².